The van der Waals surface area contributed by atoms with Crippen molar-refractivity contribution >= 4 is 5.97 Å². The molecule has 0 atom stereocenters. The third kappa shape index (κ3) is 3.98. The maximum absolute atomic E-state index is 13.4. The van der Waals surface area contributed by atoms with Gasteiger partial charge in [0.05, 0.1) is 6.42 Å². The van der Waals surface area contributed by atoms with Crippen molar-refractivity contribution in [2.75, 3.05) is 0 Å². The molecule has 3 aromatic rings. The van der Waals surface area contributed by atoms with Crippen molar-refractivity contribution in [2.24, 2.45) is 0 Å². The minimum absolute atomic E-state index is 0.0550. The minimum Gasteiger partial charge on any atom is -0.481 e. The first-order valence-electron chi connectivity index (χ1n) is 7.45. The normalized spacial score (nSPS) is 10.4. The molecule has 0 unspecified atom stereocenters. The summed E-state index contributed by atoms with van der Waals surface area (Å²) >= 11 is 0. The Morgan fingerprint density at radius 1 is 0.875 bits per heavy atom. The van der Waals surface area contributed by atoms with Crippen molar-refractivity contribution in [1.82, 2.24) is 0 Å². The average Bonchev–Trinajstić information content (AvgIpc) is 2.55. The topological polar surface area (TPSA) is 46.5 Å². The molecule has 0 aromatic heterocycles. The summed E-state index contributed by atoms with van der Waals surface area (Å²) in [5.74, 6) is -0.0187. The molecule has 3 nitrogen and oxygen atoms in total. The third-order valence-corrected chi connectivity index (χ3v) is 3.48. The van der Waals surface area contributed by atoms with Crippen LogP contribution in [0, 0.1) is 5.82 Å². The molecular formula is C20H15FO3. The first-order valence-corrected chi connectivity index (χ1v) is 7.45. The van der Waals surface area contributed by atoms with E-state index >= 15 is 0 Å². The number of hydrogen-bond acceptors (Lipinski definition) is 2. The Morgan fingerprint density at radius 2 is 1.50 bits per heavy atom. The monoisotopic (exact) mass is 322 g/mol. The fourth-order valence-electron chi connectivity index (χ4n) is 2.44. The molecular weight excluding hydrogens is 307 g/mol. The van der Waals surface area contributed by atoms with E-state index in [2.05, 4.69) is 0 Å². The Hall–Kier alpha value is -3.14. The smallest absolute Gasteiger partial charge is 0.307 e. The van der Waals surface area contributed by atoms with E-state index in [0.29, 0.717) is 17.1 Å². The number of ether oxygens (including phenoxy) is 1. The molecule has 24 heavy (non-hydrogen) atoms. The molecule has 1 N–H and O–H groups in total. The first-order chi connectivity index (χ1) is 11.6. The second-order valence-corrected chi connectivity index (χ2v) is 5.36. The lowest BCUT2D eigenvalue weighted by molar-refractivity contribution is -0.136. The second kappa shape index (κ2) is 6.96. The average molecular weight is 322 g/mol. The van der Waals surface area contributed by atoms with Gasteiger partial charge in [-0.1, -0.05) is 36.4 Å². The van der Waals surface area contributed by atoms with Gasteiger partial charge in [-0.15, -0.1) is 0 Å². The summed E-state index contributed by atoms with van der Waals surface area (Å²) in [7, 11) is 0. The Morgan fingerprint density at radius 3 is 2.21 bits per heavy atom. The summed E-state index contributed by atoms with van der Waals surface area (Å²) in [6.45, 7) is 0. The zero-order valence-electron chi connectivity index (χ0n) is 12.8. The molecule has 0 fully saturated rings. The molecule has 0 amide bonds. The van der Waals surface area contributed by atoms with Gasteiger partial charge >= 0.3 is 5.97 Å². The molecule has 0 radical (unpaired) electrons. The largest absolute Gasteiger partial charge is 0.481 e. The maximum Gasteiger partial charge on any atom is 0.307 e. The van der Waals surface area contributed by atoms with E-state index < -0.39 is 5.97 Å². The highest BCUT2D eigenvalue weighted by Crippen LogP contribution is 2.28. The van der Waals surface area contributed by atoms with Crippen molar-refractivity contribution in [3.05, 3.63) is 84.2 Å². The van der Waals surface area contributed by atoms with Gasteiger partial charge in [0.2, 0.25) is 0 Å². The summed E-state index contributed by atoms with van der Waals surface area (Å²) in [6, 6.07) is 20.6. The Kier molecular flexibility index (Phi) is 4.57. The van der Waals surface area contributed by atoms with Crippen molar-refractivity contribution in [2.45, 2.75) is 6.42 Å². The molecule has 0 aliphatic rings. The molecule has 120 valence electrons. The van der Waals surface area contributed by atoms with E-state index in [1.807, 2.05) is 24.3 Å². The number of halogens is 1. The maximum atomic E-state index is 13.4. The van der Waals surface area contributed by atoms with Gasteiger partial charge in [0.1, 0.15) is 17.3 Å². The zero-order valence-corrected chi connectivity index (χ0v) is 12.8. The number of carboxylic acids is 1. The van der Waals surface area contributed by atoms with Gasteiger partial charge in [-0.25, -0.2) is 4.39 Å². The van der Waals surface area contributed by atoms with Gasteiger partial charge in [0.15, 0.2) is 0 Å². The number of carboxylic acid groups (broad SMARTS) is 1. The Bertz CT molecular complexity index is 874. The van der Waals surface area contributed by atoms with E-state index in [4.69, 9.17) is 9.84 Å². The standard InChI is InChI=1S/C20H15FO3/c21-17-7-2-5-15(12-17)16-6-3-9-19(13-16)24-18-8-1-4-14(10-18)11-20(22)23/h1-10,12-13H,11H2,(H,22,23). The number of carbonyl (C=O) groups is 1. The van der Waals surface area contributed by atoms with Crippen LogP contribution in [0.25, 0.3) is 11.1 Å². The molecule has 3 rings (SSSR count). The SMILES string of the molecule is O=C(O)Cc1cccc(Oc2cccc(-c3cccc(F)c3)c2)c1. The summed E-state index contributed by atoms with van der Waals surface area (Å²) in [5.41, 5.74) is 2.27. The van der Waals surface area contributed by atoms with Gasteiger partial charge in [0.25, 0.3) is 0 Å². The van der Waals surface area contributed by atoms with E-state index in [9.17, 15) is 9.18 Å². The van der Waals surface area contributed by atoms with E-state index in [1.54, 1.807) is 36.4 Å². The lowest BCUT2D eigenvalue weighted by atomic mass is 10.1. The number of hydrogen-bond donors (Lipinski definition) is 1. The second-order valence-electron chi connectivity index (χ2n) is 5.36. The van der Waals surface area contributed by atoms with E-state index in [0.717, 1.165) is 11.1 Å². The molecule has 0 aliphatic carbocycles. The van der Waals surface area contributed by atoms with Crippen LogP contribution in [0.2, 0.25) is 0 Å². The van der Waals surface area contributed by atoms with E-state index in [1.165, 1.54) is 12.1 Å². The van der Waals surface area contributed by atoms with Crippen molar-refractivity contribution in [3.8, 4) is 22.6 Å². The lowest BCUT2D eigenvalue weighted by Crippen LogP contribution is -1.99. The van der Waals surface area contributed by atoms with Crippen LogP contribution in [-0.4, -0.2) is 11.1 Å². The highest BCUT2D eigenvalue weighted by atomic mass is 19.1. The lowest BCUT2D eigenvalue weighted by Gasteiger charge is -2.09. The summed E-state index contributed by atoms with van der Waals surface area (Å²) < 4.78 is 19.2. The molecule has 4 heteroatoms. The quantitative estimate of drug-likeness (QED) is 0.726. The Labute approximate surface area is 139 Å². The van der Waals surface area contributed by atoms with Gasteiger partial charge < -0.3 is 9.84 Å². The Balaban J connectivity index is 1.84. The van der Waals surface area contributed by atoms with E-state index in [-0.39, 0.29) is 12.2 Å². The number of benzene rings is 3. The molecule has 0 spiro atoms. The van der Waals surface area contributed by atoms with Crippen molar-refractivity contribution in [1.29, 1.82) is 0 Å². The fourth-order valence-corrected chi connectivity index (χ4v) is 2.44. The van der Waals surface area contributed by atoms with Crippen LogP contribution >= 0.6 is 0 Å². The van der Waals surface area contributed by atoms with Crippen molar-refractivity contribution < 1.29 is 19.0 Å². The molecule has 0 saturated heterocycles. The molecule has 0 heterocycles. The predicted octanol–water partition coefficient (Wildman–Crippen LogP) is 4.91. The summed E-state index contributed by atoms with van der Waals surface area (Å²) in [6.07, 6.45) is -0.0550. The highest BCUT2D eigenvalue weighted by molar-refractivity contribution is 5.70. The summed E-state index contributed by atoms with van der Waals surface area (Å²) in [4.78, 5) is 10.8. The van der Waals surface area contributed by atoms with Crippen LogP contribution in [0.1, 0.15) is 5.56 Å². The zero-order chi connectivity index (χ0) is 16.9. The highest BCUT2D eigenvalue weighted by Gasteiger charge is 2.05. The van der Waals surface area contributed by atoms with Crippen LogP contribution in [-0.2, 0) is 11.2 Å². The predicted molar refractivity (Wildman–Crippen MR) is 89.7 cm³/mol. The number of aliphatic carboxylic acids is 1. The van der Waals surface area contributed by atoms with Crippen molar-refractivity contribution in [3.63, 3.8) is 0 Å². The fraction of sp³-hybridized carbons (Fsp3) is 0.0500. The molecule has 3 aromatic carbocycles. The van der Waals surface area contributed by atoms with Gasteiger partial charge in [0, 0.05) is 0 Å². The van der Waals surface area contributed by atoms with Gasteiger partial charge in [-0.3, -0.25) is 4.79 Å². The first kappa shape index (κ1) is 15.7. The molecule has 0 saturated carbocycles. The molecule has 0 aliphatic heterocycles. The van der Waals surface area contributed by atoms with Crippen LogP contribution in [0.3, 0.4) is 0 Å². The third-order valence-electron chi connectivity index (χ3n) is 3.48. The minimum atomic E-state index is -0.889. The number of rotatable bonds is 5. The summed E-state index contributed by atoms with van der Waals surface area (Å²) in [5, 5.41) is 8.86. The van der Waals surface area contributed by atoms with Crippen LogP contribution < -0.4 is 4.74 Å². The van der Waals surface area contributed by atoms with Crippen LogP contribution in [0.4, 0.5) is 4.39 Å². The molecule has 0 bridgehead atoms. The van der Waals surface area contributed by atoms with Gasteiger partial charge in [-0.2, -0.15) is 0 Å². The van der Waals surface area contributed by atoms with Gasteiger partial charge in [-0.05, 0) is 53.1 Å². The van der Waals surface area contributed by atoms with Crippen LogP contribution in [0.15, 0.2) is 72.8 Å². The van der Waals surface area contributed by atoms with Crippen LogP contribution in [0.5, 0.6) is 11.5 Å².